The first-order chi connectivity index (χ1) is 6.47. The fourth-order valence-electron chi connectivity index (χ4n) is 0.793. The van der Waals surface area contributed by atoms with Crippen molar-refractivity contribution in [1.82, 2.24) is 5.32 Å². The van der Waals surface area contributed by atoms with Crippen molar-refractivity contribution in [2.45, 2.75) is 20.3 Å². The minimum atomic E-state index is -2.58. The summed E-state index contributed by atoms with van der Waals surface area (Å²) in [5.41, 5.74) is 0.369. The molecule has 0 atom stereocenters. The van der Waals surface area contributed by atoms with E-state index in [2.05, 4.69) is 10.3 Å². The minimum absolute atomic E-state index is 0.190. The second-order valence-electron chi connectivity index (χ2n) is 2.85. The summed E-state index contributed by atoms with van der Waals surface area (Å²) in [4.78, 5) is 14.0. The summed E-state index contributed by atoms with van der Waals surface area (Å²) >= 11 is 0. The van der Waals surface area contributed by atoms with Crippen molar-refractivity contribution in [2.75, 3.05) is 13.6 Å². The lowest BCUT2D eigenvalue weighted by molar-refractivity contribution is -0.118. The number of nitrogens with zero attached hydrogens (tertiary/aromatic N) is 1. The normalized spacial score (nSPS) is 13.3. The first kappa shape index (κ1) is 12.7. The third-order valence-corrected chi connectivity index (χ3v) is 1.49. The number of amides is 1. The van der Waals surface area contributed by atoms with Crippen LogP contribution in [-0.2, 0) is 4.79 Å². The average Bonchev–Trinajstić information content (AvgIpc) is 2.10. The number of hydrogen-bond acceptors (Lipinski definition) is 2. The van der Waals surface area contributed by atoms with Crippen LogP contribution in [0.15, 0.2) is 16.6 Å². The molecule has 0 rings (SSSR count). The van der Waals surface area contributed by atoms with Crippen molar-refractivity contribution >= 4 is 11.6 Å². The molecule has 0 aromatic heterocycles. The van der Waals surface area contributed by atoms with Gasteiger partial charge in [-0.2, -0.15) is 0 Å². The van der Waals surface area contributed by atoms with Crippen LogP contribution < -0.4 is 5.32 Å². The number of nitrogens with one attached hydrogen (secondary N) is 1. The zero-order valence-corrected chi connectivity index (χ0v) is 8.47. The van der Waals surface area contributed by atoms with Gasteiger partial charge in [0.05, 0.1) is 0 Å². The van der Waals surface area contributed by atoms with E-state index < -0.39 is 6.43 Å². The van der Waals surface area contributed by atoms with Crippen molar-refractivity contribution in [1.29, 1.82) is 0 Å². The minimum Gasteiger partial charge on any atom is -0.353 e. The molecule has 0 unspecified atom stereocenters. The molecule has 0 aliphatic carbocycles. The Morgan fingerprint density at radius 2 is 2.07 bits per heavy atom. The zero-order valence-electron chi connectivity index (χ0n) is 8.47. The number of carbonyl (C=O) groups excluding carboxylic acids is 1. The predicted molar refractivity (Wildman–Crippen MR) is 51.8 cm³/mol. The molecule has 0 heterocycles. The van der Waals surface area contributed by atoms with E-state index in [0.717, 1.165) is 0 Å². The first-order valence-corrected chi connectivity index (χ1v) is 4.13. The van der Waals surface area contributed by atoms with Gasteiger partial charge in [-0.05, 0) is 13.0 Å². The molecule has 0 saturated carbocycles. The Morgan fingerprint density at radius 3 is 2.43 bits per heavy atom. The number of allylic oxidation sites excluding steroid dienone is 1. The van der Waals surface area contributed by atoms with Crippen LogP contribution in [0.5, 0.6) is 0 Å². The van der Waals surface area contributed by atoms with Gasteiger partial charge in [0, 0.05) is 20.5 Å². The van der Waals surface area contributed by atoms with E-state index >= 15 is 0 Å². The summed E-state index contributed by atoms with van der Waals surface area (Å²) in [5.74, 6) is -0.190. The molecule has 0 fully saturated rings. The van der Waals surface area contributed by atoms with Crippen LogP contribution in [-0.4, -0.2) is 31.6 Å². The Labute approximate surface area is 81.9 Å². The molecule has 0 aromatic rings. The second-order valence-corrected chi connectivity index (χ2v) is 2.85. The van der Waals surface area contributed by atoms with Gasteiger partial charge in [-0.1, -0.05) is 5.57 Å². The lowest BCUT2D eigenvalue weighted by Crippen LogP contribution is -2.22. The summed E-state index contributed by atoms with van der Waals surface area (Å²) in [6.45, 7) is 3.29. The van der Waals surface area contributed by atoms with Gasteiger partial charge in [-0.15, -0.1) is 0 Å². The highest BCUT2D eigenvalue weighted by Gasteiger charge is 2.09. The quantitative estimate of drug-likeness (QED) is 0.691. The highest BCUT2D eigenvalue weighted by atomic mass is 19.3. The number of halogens is 2. The summed E-state index contributed by atoms with van der Waals surface area (Å²) < 4.78 is 24.4. The topological polar surface area (TPSA) is 41.5 Å². The molecule has 0 bridgehead atoms. The van der Waals surface area contributed by atoms with E-state index in [-0.39, 0.29) is 18.2 Å². The Hall–Kier alpha value is -1.26. The molecule has 0 saturated heterocycles. The Bertz CT molecular complexity index is 260. The number of hydrogen-bond donors (Lipinski definition) is 1. The number of carbonyl (C=O) groups is 1. The Balaban J connectivity index is 4.27. The molecular weight excluding hydrogens is 190 g/mol. The Morgan fingerprint density at radius 1 is 1.50 bits per heavy atom. The summed E-state index contributed by atoms with van der Waals surface area (Å²) in [6, 6.07) is 0. The molecule has 0 spiro atoms. The van der Waals surface area contributed by atoms with Crippen molar-refractivity contribution in [3.8, 4) is 0 Å². The largest absolute Gasteiger partial charge is 0.353 e. The highest BCUT2D eigenvalue weighted by Crippen LogP contribution is 2.01. The maximum atomic E-state index is 12.2. The molecule has 0 aliphatic rings. The summed E-state index contributed by atoms with van der Waals surface area (Å²) in [5, 5.41) is 2.51. The second kappa shape index (κ2) is 6.23. The lowest BCUT2D eigenvalue weighted by atomic mass is 10.2. The fourth-order valence-corrected chi connectivity index (χ4v) is 0.793. The molecule has 5 heteroatoms. The molecule has 3 nitrogen and oxygen atoms in total. The molecule has 14 heavy (non-hydrogen) atoms. The molecule has 80 valence electrons. The van der Waals surface area contributed by atoms with Gasteiger partial charge in [0.2, 0.25) is 5.91 Å². The van der Waals surface area contributed by atoms with Crippen LogP contribution in [0.2, 0.25) is 0 Å². The first-order valence-electron chi connectivity index (χ1n) is 4.13. The number of alkyl halides is 2. The van der Waals surface area contributed by atoms with E-state index in [1.54, 1.807) is 6.92 Å². The van der Waals surface area contributed by atoms with E-state index in [9.17, 15) is 13.6 Å². The molecular formula is C9H14F2N2O. The van der Waals surface area contributed by atoms with Crippen molar-refractivity contribution in [3.63, 3.8) is 0 Å². The predicted octanol–water partition coefficient (Wildman–Crippen LogP) is 1.40. The SMILES string of the molecule is CN=C(/C=C(\C)CNC(C)=O)C(F)F. The summed E-state index contributed by atoms with van der Waals surface area (Å²) in [6.07, 6.45) is -1.30. The van der Waals surface area contributed by atoms with E-state index in [4.69, 9.17) is 0 Å². The van der Waals surface area contributed by atoms with E-state index in [0.29, 0.717) is 5.57 Å². The van der Waals surface area contributed by atoms with Crippen LogP contribution in [0.3, 0.4) is 0 Å². The maximum Gasteiger partial charge on any atom is 0.279 e. The third-order valence-electron chi connectivity index (χ3n) is 1.49. The van der Waals surface area contributed by atoms with Gasteiger partial charge in [0.1, 0.15) is 5.71 Å². The number of rotatable bonds is 4. The molecule has 0 aromatic carbocycles. The van der Waals surface area contributed by atoms with Gasteiger partial charge in [0.15, 0.2) is 0 Å². The van der Waals surface area contributed by atoms with Crippen LogP contribution in [0, 0.1) is 0 Å². The van der Waals surface area contributed by atoms with E-state index in [1.807, 2.05) is 0 Å². The van der Waals surface area contributed by atoms with Gasteiger partial charge in [-0.3, -0.25) is 9.79 Å². The van der Waals surface area contributed by atoms with Crippen molar-refractivity contribution in [2.24, 2.45) is 4.99 Å². The van der Waals surface area contributed by atoms with Crippen LogP contribution in [0.4, 0.5) is 8.78 Å². The third kappa shape index (κ3) is 5.40. The smallest absolute Gasteiger partial charge is 0.279 e. The van der Waals surface area contributed by atoms with Gasteiger partial charge in [0.25, 0.3) is 6.43 Å². The average molecular weight is 204 g/mol. The van der Waals surface area contributed by atoms with Crippen molar-refractivity contribution in [3.05, 3.63) is 11.6 Å². The van der Waals surface area contributed by atoms with Crippen molar-refractivity contribution < 1.29 is 13.6 Å². The highest BCUT2D eigenvalue weighted by molar-refractivity contribution is 5.98. The van der Waals surface area contributed by atoms with Crippen LogP contribution >= 0.6 is 0 Å². The van der Waals surface area contributed by atoms with Gasteiger partial charge < -0.3 is 5.32 Å². The Kier molecular flexibility index (Phi) is 5.67. The zero-order chi connectivity index (χ0) is 11.1. The molecule has 0 radical (unpaired) electrons. The molecule has 0 aliphatic heterocycles. The monoisotopic (exact) mass is 204 g/mol. The molecule has 1 amide bonds. The van der Waals surface area contributed by atoms with Crippen LogP contribution in [0.25, 0.3) is 0 Å². The van der Waals surface area contributed by atoms with E-state index in [1.165, 1.54) is 20.0 Å². The summed E-state index contributed by atoms with van der Waals surface area (Å²) in [7, 11) is 1.31. The standard InChI is InChI=1S/C9H14F2N2O/c1-6(5-13-7(2)14)4-8(12-3)9(10)11/h4,9H,5H2,1-3H3,(H,13,14)/b6-4+,12-8?. The van der Waals surface area contributed by atoms with Crippen LogP contribution in [0.1, 0.15) is 13.8 Å². The molecule has 1 N–H and O–H groups in total. The maximum absolute atomic E-state index is 12.2. The number of aliphatic imine (C=N–C) groups is 1. The lowest BCUT2D eigenvalue weighted by Gasteiger charge is -2.03. The van der Waals surface area contributed by atoms with Gasteiger partial charge in [-0.25, -0.2) is 8.78 Å². The fraction of sp³-hybridized carbons (Fsp3) is 0.556. The van der Waals surface area contributed by atoms with Gasteiger partial charge >= 0.3 is 0 Å².